The normalized spacial score (nSPS) is 16.4. The highest BCUT2D eigenvalue weighted by molar-refractivity contribution is 5.76. The Morgan fingerprint density at radius 1 is 1.23 bits per heavy atom. The zero-order valence-electron chi connectivity index (χ0n) is 15.9. The first-order chi connectivity index (χ1) is 12.4. The van der Waals surface area contributed by atoms with E-state index < -0.39 is 0 Å². The van der Waals surface area contributed by atoms with E-state index in [9.17, 15) is 4.79 Å². The molecule has 0 atom stereocenters. The third kappa shape index (κ3) is 4.30. The molecule has 1 fully saturated rings. The molecule has 1 aliphatic rings. The minimum absolute atomic E-state index is 0.105. The van der Waals surface area contributed by atoms with Crippen LogP contribution in [0, 0.1) is 13.8 Å². The molecule has 0 radical (unpaired) electrons. The van der Waals surface area contributed by atoms with Crippen LogP contribution in [0.15, 0.2) is 12.1 Å². The van der Waals surface area contributed by atoms with E-state index in [1.807, 2.05) is 32.9 Å². The number of hydrogen-bond acceptors (Lipinski definition) is 6. The summed E-state index contributed by atoms with van der Waals surface area (Å²) in [5.74, 6) is 2.28. The van der Waals surface area contributed by atoms with E-state index in [0.29, 0.717) is 12.4 Å². The number of hydrogen-bond donors (Lipinski definition) is 3. The number of rotatable bonds is 5. The lowest BCUT2D eigenvalue weighted by Crippen LogP contribution is -2.53. The van der Waals surface area contributed by atoms with Crippen LogP contribution in [0.1, 0.15) is 44.5 Å². The molecule has 3 N–H and O–H groups in total. The van der Waals surface area contributed by atoms with Crippen molar-refractivity contribution in [3.63, 3.8) is 0 Å². The second-order valence-corrected chi connectivity index (χ2v) is 7.21. The zero-order valence-corrected chi connectivity index (χ0v) is 15.9. The fourth-order valence-corrected chi connectivity index (χ4v) is 3.12. The number of carbonyl (C=O) groups excluding carboxylic acids is 1. The molecule has 1 aliphatic heterocycles. The summed E-state index contributed by atoms with van der Waals surface area (Å²) in [6.07, 6.45) is 2.26. The van der Waals surface area contributed by atoms with Crippen LogP contribution in [0.4, 0.5) is 17.6 Å². The summed E-state index contributed by atoms with van der Waals surface area (Å²) >= 11 is 0. The quantitative estimate of drug-likeness (QED) is 0.760. The molecule has 0 aliphatic carbocycles. The van der Waals surface area contributed by atoms with Crippen LogP contribution in [-0.4, -0.2) is 44.7 Å². The molecule has 8 heteroatoms. The number of piperidine rings is 1. The number of carbonyl (C=O) groups is 1. The Morgan fingerprint density at radius 2 is 1.96 bits per heavy atom. The van der Waals surface area contributed by atoms with Crippen LogP contribution in [0.25, 0.3) is 0 Å². The Bertz CT molecular complexity index is 778. The maximum absolute atomic E-state index is 11.7. The Balaban J connectivity index is 1.69. The Kier molecular flexibility index (Phi) is 5.11. The SMILES string of the molecule is CCC(=O)NC1(C)CCN(c2nc(C)cc(Nc3cc(C)[nH]n3)n2)CC1. The van der Waals surface area contributed by atoms with Crippen molar-refractivity contribution in [1.82, 2.24) is 25.5 Å². The van der Waals surface area contributed by atoms with Crippen molar-refractivity contribution in [2.24, 2.45) is 0 Å². The largest absolute Gasteiger partial charge is 0.351 e. The first-order valence-electron chi connectivity index (χ1n) is 9.07. The van der Waals surface area contributed by atoms with Crippen molar-refractivity contribution in [2.75, 3.05) is 23.3 Å². The van der Waals surface area contributed by atoms with E-state index in [4.69, 9.17) is 0 Å². The summed E-state index contributed by atoms with van der Waals surface area (Å²) in [7, 11) is 0. The minimum atomic E-state index is -0.152. The molecule has 8 nitrogen and oxygen atoms in total. The maximum atomic E-state index is 11.7. The van der Waals surface area contributed by atoms with E-state index in [2.05, 4.69) is 42.6 Å². The number of H-pyrrole nitrogens is 1. The van der Waals surface area contributed by atoms with Gasteiger partial charge >= 0.3 is 0 Å². The van der Waals surface area contributed by atoms with E-state index in [1.54, 1.807) is 0 Å². The van der Waals surface area contributed by atoms with Gasteiger partial charge in [-0.1, -0.05) is 6.92 Å². The summed E-state index contributed by atoms with van der Waals surface area (Å²) < 4.78 is 0. The fourth-order valence-electron chi connectivity index (χ4n) is 3.12. The second-order valence-electron chi connectivity index (χ2n) is 7.21. The van der Waals surface area contributed by atoms with Gasteiger partial charge in [0, 0.05) is 48.6 Å². The van der Waals surface area contributed by atoms with Gasteiger partial charge < -0.3 is 15.5 Å². The number of aryl methyl sites for hydroxylation is 2. The number of nitrogens with zero attached hydrogens (tertiary/aromatic N) is 4. The number of anilines is 3. The van der Waals surface area contributed by atoms with Gasteiger partial charge in [0.1, 0.15) is 5.82 Å². The summed E-state index contributed by atoms with van der Waals surface area (Å²) in [4.78, 5) is 23.1. The second kappa shape index (κ2) is 7.31. The summed E-state index contributed by atoms with van der Waals surface area (Å²) in [6, 6.07) is 3.84. The predicted octanol–water partition coefficient (Wildman–Crippen LogP) is 2.45. The fraction of sp³-hybridized carbons (Fsp3) is 0.556. The highest BCUT2D eigenvalue weighted by Gasteiger charge is 2.32. The topological polar surface area (TPSA) is 98.8 Å². The van der Waals surface area contributed by atoms with Crippen molar-refractivity contribution in [3.05, 3.63) is 23.5 Å². The highest BCUT2D eigenvalue weighted by atomic mass is 16.1. The molecular formula is C18H27N7O. The maximum Gasteiger partial charge on any atom is 0.227 e. The average molecular weight is 357 g/mol. The molecule has 2 aromatic heterocycles. The van der Waals surface area contributed by atoms with Crippen LogP contribution < -0.4 is 15.5 Å². The van der Waals surface area contributed by atoms with Crippen molar-refractivity contribution in [2.45, 2.75) is 52.5 Å². The van der Waals surface area contributed by atoms with Gasteiger partial charge in [0.05, 0.1) is 0 Å². The number of nitrogens with one attached hydrogen (secondary N) is 3. The highest BCUT2D eigenvalue weighted by Crippen LogP contribution is 2.26. The van der Waals surface area contributed by atoms with Gasteiger partial charge in [-0.3, -0.25) is 9.89 Å². The van der Waals surface area contributed by atoms with Crippen molar-refractivity contribution >= 4 is 23.5 Å². The molecule has 0 spiro atoms. The molecule has 1 saturated heterocycles. The lowest BCUT2D eigenvalue weighted by molar-refractivity contribution is -0.122. The molecular weight excluding hydrogens is 330 g/mol. The van der Waals surface area contributed by atoms with E-state index in [1.165, 1.54) is 0 Å². The van der Waals surface area contributed by atoms with Crippen LogP contribution >= 0.6 is 0 Å². The molecule has 3 rings (SSSR count). The van der Waals surface area contributed by atoms with Gasteiger partial charge in [-0.05, 0) is 33.6 Å². The lowest BCUT2D eigenvalue weighted by Gasteiger charge is -2.40. The minimum Gasteiger partial charge on any atom is -0.351 e. The summed E-state index contributed by atoms with van der Waals surface area (Å²) in [5.41, 5.74) is 1.74. The van der Waals surface area contributed by atoms with Gasteiger partial charge in [-0.25, -0.2) is 4.98 Å². The molecule has 3 heterocycles. The molecule has 2 aromatic rings. The molecule has 0 saturated carbocycles. The van der Waals surface area contributed by atoms with Gasteiger partial charge in [-0.15, -0.1) is 0 Å². The molecule has 26 heavy (non-hydrogen) atoms. The van der Waals surface area contributed by atoms with Gasteiger partial charge in [0.15, 0.2) is 5.82 Å². The van der Waals surface area contributed by atoms with Crippen LogP contribution in [0.2, 0.25) is 0 Å². The molecule has 0 bridgehead atoms. The first-order valence-corrected chi connectivity index (χ1v) is 9.07. The van der Waals surface area contributed by atoms with Crippen LogP contribution in [-0.2, 0) is 4.79 Å². The lowest BCUT2D eigenvalue weighted by atomic mass is 9.89. The zero-order chi connectivity index (χ0) is 18.7. The number of aromatic amines is 1. The molecule has 1 amide bonds. The third-order valence-corrected chi connectivity index (χ3v) is 4.72. The molecule has 140 valence electrons. The van der Waals surface area contributed by atoms with E-state index >= 15 is 0 Å². The van der Waals surface area contributed by atoms with Gasteiger partial charge in [-0.2, -0.15) is 10.1 Å². The number of aromatic nitrogens is 4. The monoisotopic (exact) mass is 357 g/mol. The number of amides is 1. The first kappa shape index (κ1) is 18.2. The van der Waals surface area contributed by atoms with Crippen LogP contribution in [0.3, 0.4) is 0 Å². The van der Waals surface area contributed by atoms with Crippen molar-refractivity contribution in [3.8, 4) is 0 Å². The predicted molar refractivity (Wildman–Crippen MR) is 102 cm³/mol. The van der Waals surface area contributed by atoms with Gasteiger partial charge in [0.2, 0.25) is 11.9 Å². The third-order valence-electron chi connectivity index (χ3n) is 4.72. The Labute approximate surface area is 153 Å². The molecule has 0 aromatic carbocycles. The smallest absolute Gasteiger partial charge is 0.227 e. The Morgan fingerprint density at radius 3 is 2.58 bits per heavy atom. The van der Waals surface area contributed by atoms with Crippen molar-refractivity contribution < 1.29 is 4.79 Å². The molecule has 0 unspecified atom stereocenters. The average Bonchev–Trinajstić information content (AvgIpc) is 2.99. The van der Waals surface area contributed by atoms with Crippen LogP contribution in [0.5, 0.6) is 0 Å². The van der Waals surface area contributed by atoms with Crippen molar-refractivity contribution in [1.29, 1.82) is 0 Å². The van der Waals surface area contributed by atoms with E-state index in [-0.39, 0.29) is 11.4 Å². The standard InChI is InChI=1S/C18H27N7O/c1-5-16(26)22-18(4)6-8-25(9-7-18)17-19-12(2)10-14(21-17)20-15-11-13(3)23-24-15/h10-11H,5-9H2,1-4H3,(H,22,26)(H2,19,20,21,23,24). The summed E-state index contributed by atoms with van der Waals surface area (Å²) in [6.45, 7) is 9.53. The Hall–Kier alpha value is -2.64. The van der Waals surface area contributed by atoms with E-state index in [0.717, 1.165) is 49.0 Å². The summed E-state index contributed by atoms with van der Waals surface area (Å²) in [5, 5.41) is 13.5. The van der Waals surface area contributed by atoms with Gasteiger partial charge in [0.25, 0.3) is 0 Å².